The fourth-order valence-electron chi connectivity index (χ4n) is 2.92. The molecular formula is C15H19N3O. The van der Waals surface area contributed by atoms with E-state index in [-0.39, 0.29) is 12.1 Å². The zero-order valence-corrected chi connectivity index (χ0v) is 10.9. The molecule has 100 valence electrons. The highest BCUT2D eigenvalue weighted by molar-refractivity contribution is 5.63. The molecule has 1 heterocycles. The molecule has 2 atom stereocenters. The molecule has 0 aliphatic heterocycles. The number of hydrogen-bond acceptors (Lipinski definition) is 3. The van der Waals surface area contributed by atoms with E-state index in [2.05, 4.69) is 17.2 Å². The van der Waals surface area contributed by atoms with Crippen LogP contribution in [-0.4, -0.2) is 21.0 Å². The number of benzene rings is 1. The molecule has 3 N–H and O–H groups in total. The summed E-state index contributed by atoms with van der Waals surface area (Å²) in [6, 6.07) is 10.2. The van der Waals surface area contributed by atoms with E-state index in [1.807, 2.05) is 29.1 Å². The monoisotopic (exact) mass is 257 g/mol. The van der Waals surface area contributed by atoms with Gasteiger partial charge in [0.2, 0.25) is 0 Å². The van der Waals surface area contributed by atoms with Crippen molar-refractivity contribution in [2.75, 3.05) is 0 Å². The fraction of sp³-hybridized carbons (Fsp3) is 0.400. The van der Waals surface area contributed by atoms with E-state index in [4.69, 9.17) is 5.73 Å². The van der Waals surface area contributed by atoms with Crippen LogP contribution in [0.1, 0.15) is 30.9 Å². The van der Waals surface area contributed by atoms with Gasteiger partial charge in [0.15, 0.2) is 0 Å². The number of nitrogens with two attached hydrogens (primary N) is 1. The molecule has 1 aromatic carbocycles. The van der Waals surface area contributed by atoms with Gasteiger partial charge >= 0.3 is 0 Å². The number of aliphatic hydroxyl groups excluding tert-OH is 1. The molecule has 3 rings (SSSR count). The van der Waals surface area contributed by atoms with Crippen LogP contribution in [-0.2, 0) is 6.54 Å². The van der Waals surface area contributed by atoms with Crippen molar-refractivity contribution in [2.24, 2.45) is 5.73 Å². The van der Waals surface area contributed by atoms with Crippen molar-refractivity contribution in [3.8, 4) is 11.3 Å². The van der Waals surface area contributed by atoms with Crippen molar-refractivity contribution in [1.29, 1.82) is 0 Å². The Morgan fingerprint density at radius 2 is 2.05 bits per heavy atom. The summed E-state index contributed by atoms with van der Waals surface area (Å²) in [4.78, 5) is 0. The number of aliphatic hydroxyl groups is 1. The maximum Gasteiger partial charge on any atom is 0.0785 e. The summed E-state index contributed by atoms with van der Waals surface area (Å²) in [5.74, 6) is 0. The minimum absolute atomic E-state index is 0.0792. The van der Waals surface area contributed by atoms with Crippen LogP contribution >= 0.6 is 0 Å². The molecule has 0 spiro atoms. The third-order valence-corrected chi connectivity index (χ3v) is 3.90. The van der Waals surface area contributed by atoms with Crippen molar-refractivity contribution in [1.82, 2.24) is 9.78 Å². The van der Waals surface area contributed by atoms with Gasteiger partial charge in [-0.1, -0.05) is 30.3 Å². The van der Waals surface area contributed by atoms with Crippen LogP contribution in [0, 0.1) is 0 Å². The molecule has 1 saturated carbocycles. The summed E-state index contributed by atoms with van der Waals surface area (Å²) < 4.78 is 1.97. The first-order valence-electron chi connectivity index (χ1n) is 6.81. The first-order chi connectivity index (χ1) is 9.31. The van der Waals surface area contributed by atoms with Gasteiger partial charge in [0.25, 0.3) is 0 Å². The van der Waals surface area contributed by atoms with Gasteiger partial charge in [-0.25, -0.2) is 0 Å². The first kappa shape index (κ1) is 12.4. The zero-order chi connectivity index (χ0) is 13.2. The third kappa shape index (κ3) is 2.17. The molecule has 0 radical (unpaired) electrons. The lowest BCUT2D eigenvalue weighted by Crippen LogP contribution is -2.20. The van der Waals surface area contributed by atoms with Crippen molar-refractivity contribution < 1.29 is 5.11 Å². The van der Waals surface area contributed by atoms with E-state index in [0.29, 0.717) is 6.54 Å². The average Bonchev–Trinajstić information content (AvgIpc) is 3.05. The van der Waals surface area contributed by atoms with Crippen LogP contribution in [0.15, 0.2) is 36.5 Å². The molecule has 4 nitrogen and oxygen atoms in total. The predicted octanol–water partition coefficient (Wildman–Crippen LogP) is 2.09. The standard InChI is InChI=1S/C15H19N3O/c16-9-12-10-17-18(13-7-4-8-14(13)19)15(12)11-5-2-1-3-6-11/h1-3,5-6,10,13-14,19H,4,7-9,16H2. The van der Waals surface area contributed by atoms with Gasteiger partial charge < -0.3 is 10.8 Å². The van der Waals surface area contributed by atoms with Gasteiger partial charge in [0.1, 0.15) is 0 Å². The van der Waals surface area contributed by atoms with Gasteiger partial charge in [-0.2, -0.15) is 5.10 Å². The molecule has 2 aromatic rings. The molecule has 1 aliphatic rings. The SMILES string of the molecule is NCc1cnn(C2CCCC2O)c1-c1ccccc1. The second-order valence-electron chi connectivity index (χ2n) is 5.10. The molecule has 19 heavy (non-hydrogen) atoms. The number of hydrogen-bond donors (Lipinski definition) is 2. The van der Waals surface area contributed by atoms with Crippen molar-refractivity contribution in [3.05, 3.63) is 42.1 Å². The Morgan fingerprint density at radius 3 is 2.68 bits per heavy atom. The minimum Gasteiger partial charge on any atom is -0.391 e. The number of rotatable bonds is 3. The lowest BCUT2D eigenvalue weighted by atomic mass is 10.1. The van der Waals surface area contributed by atoms with E-state index in [0.717, 1.165) is 36.1 Å². The van der Waals surface area contributed by atoms with Crippen LogP contribution in [0.2, 0.25) is 0 Å². The van der Waals surface area contributed by atoms with Crippen LogP contribution < -0.4 is 5.73 Å². The van der Waals surface area contributed by atoms with E-state index in [1.165, 1.54) is 0 Å². The second-order valence-corrected chi connectivity index (χ2v) is 5.10. The number of nitrogens with zero attached hydrogens (tertiary/aromatic N) is 2. The molecular weight excluding hydrogens is 238 g/mol. The van der Waals surface area contributed by atoms with Crippen LogP contribution in [0.3, 0.4) is 0 Å². The Morgan fingerprint density at radius 1 is 1.26 bits per heavy atom. The van der Waals surface area contributed by atoms with E-state index in [9.17, 15) is 5.11 Å². The normalized spacial score (nSPS) is 22.8. The van der Waals surface area contributed by atoms with Crippen LogP contribution in [0.25, 0.3) is 11.3 Å². The molecule has 0 amide bonds. The Balaban J connectivity index is 2.08. The maximum atomic E-state index is 10.1. The number of aromatic nitrogens is 2. The Hall–Kier alpha value is -1.65. The van der Waals surface area contributed by atoms with Crippen LogP contribution in [0.4, 0.5) is 0 Å². The Labute approximate surface area is 112 Å². The largest absolute Gasteiger partial charge is 0.391 e. The topological polar surface area (TPSA) is 64.1 Å². The fourth-order valence-corrected chi connectivity index (χ4v) is 2.92. The maximum absolute atomic E-state index is 10.1. The molecule has 1 aliphatic carbocycles. The van der Waals surface area contributed by atoms with E-state index in [1.54, 1.807) is 0 Å². The summed E-state index contributed by atoms with van der Waals surface area (Å²) in [5, 5.41) is 14.6. The third-order valence-electron chi connectivity index (χ3n) is 3.90. The highest BCUT2D eigenvalue weighted by Crippen LogP contribution is 2.34. The lowest BCUT2D eigenvalue weighted by molar-refractivity contribution is 0.131. The van der Waals surface area contributed by atoms with Gasteiger partial charge in [-0.3, -0.25) is 4.68 Å². The van der Waals surface area contributed by atoms with Gasteiger partial charge in [0.05, 0.1) is 24.0 Å². The Bertz CT molecular complexity index is 550. The highest BCUT2D eigenvalue weighted by atomic mass is 16.3. The van der Waals surface area contributed by atoms with Gasteiger partial charge in [-0.05, 0) is 19.3 Å². The predicted molar refractivity (Wildman–Crippen MR) is 74.4 cm³/mol. The van der Waals surface area contributed by atoms with Gasteiger partial charge in [0, 0.05) is 17.7 Å². The van der Waals surface area contributed by atoms with Crippen molar-refractivity contribution in [3.63, 3.8) is 0 Å². The second kappa shape index (κ2) is 5.15. The van der Waals surface area contributed by atoms with E-state index >= 15 is 0 Å². The average molecular weight is 257 g/mol. The molecule has 0 saturated heterocycles. The summed E-state index contributed by atoms with van der Waals surface area (Å²) in [6.07, 6.45) is 4.42. The summed E-state index contributed by atoms with van der Waals surface area (Å²) in [5.41, 5.74) is 9.01. The lowest BCUT2D eigenvalue weighted by Gasteiger charge is -2.19. The van der Waals surface area contributed by atoms with Crippen molar-refractivity contribution >= 4 is 0 Å². The van der Waals surface area contributed by atoms with E-state index < -0.39 is 0 Å². The molecule has 2 unspecified atom stereocenters. The summed E-state index contributed by atoms with van der Waals surface area (Å²) >= 11 is 0. The molecule has 1 fully saturated rings. The summed E-state index contributed by atoms with van der Waals surface area (Å²) in [6.45, 7) is 0.465. The molecule has 1 aromatic heterocycles. The smallest absolute Gasteiger partial charge is 0.0785 e. The summed E-state index contributed by atoms with van der Waals surface area (Å²) in [7, 11) is 0. The van der Waals surface area contributed by atoms with Gasteiger partial charge in [-0.15, -0.1) is 0 Å². The molecule has 4 heteroatoms. The van der Waals surface area contributed by atoms with Crippen molar-refractivity contribution in [2.45, 2.75) is 38.0 Å². The minimum atomic E-state index is -0.298. The highest BCUT2D eigenvalue weighted by Gasteiger charge is 2.30. The quantitative estimate of drug-likeness (QED) is 0.885. The first-order valence-corrected chi connectivity index (χ1v) is 6.81. The van der Waals surface area contributed by atoms with Crippen LogP contribution in [0.5, 0.6) is 0 Å². The molecule has 0 bridgehead atoms. The Kier molecular flexibility index (Phi) is 3.36. The zero-order valence-electron chi connectivity index (χ0n) is 10.9.